The lowest BCUT2D eigenvalue weighted by Crippen LogP contribution is -2.39. The first kappa shape index (κ1) is 15.1. The van der Waals surface area contributed by atoms with Crippen LogP contribution >= 0.6 is 15.9 Å². The fourth-order valence-electron chi connectivity index (χ4n) is 2.03. The molecule has 0 spiro atoms. The van der Waals surface area contributed by atoms with Gasteiger partial charge in [-0.2, -0.15) is 0 Å². The molecule has 0 amide bonds. The van der Waals surface area contributed by atoms with Crippen molar-refractivity contribution >= 4 is 27.4 Å². The summed E-state index contributed by atoms with van der Waals surface area (Å²) in [5, 5.41) is 14.0. The molecule has 1 N–H and O–H groups in total. The maximum absolute atomic E-state index is 10.8. The number of halogens is 1. The topological polar surface area (TPSA) is 80.5 Å². The van der Waals surface area contributed by atoms with Crippen molar-refractivity contribution in [1.29, 1.82) is 0 Å². The minimum Gasteiger partial charge on any atom is -0.379 e. The van der Waals surface area contributed by atoms with Crippen LogP contribution in [0.5, 0.6) is 0 Å². The van der Waals surface area contributed by atoms with Crippen LogP contribution in [0.3, 0.4) is 0 Å². The first-order chi connectivity index (χ1) is 9.59. The van der Waals surface area contributed by atoms with E-state index in [9.17, 15) is 10.1 Å². The summed E-state index contributed by atoms with van der Waals surface area (Å²) in [5.41, 5.74) is 0.606. The molecule has 0 atom stereocenters. The van der Waals surface area contributed by atoms with Crippen LogP contribution in [-0.4, -0.2) is 54.2 Å². The van der Waals surface area contributed by atoms with Gasteiger partial charge in [0.15, 0.2) is 0 Å². The van der Waals surface area contributed by atoms with Crippen LogP contribution in [0.1, 0.15) is 5.56 Å². The molecule has 1 aliphatic rings. The monoisotopic (exact) mass is 344 g/mol. The Labute approximate surface area is 125 Å². The van der Waals surface area contributed by atoms with Crippen LogP contribution in [-0.2, 0) is 4.74 Å². The van der Waals surface area contributed by atoms with Crippen molar-refractivity contribution < 1.29 is 9.66 Å². The van der Waals surface area contributed by atoms with Gasteiger partial charge in [0.25, 0.3) is 5.69 Å². The highest BCUT2D eigenvalue weighted by Crippen LogP contribution is 2.30. The summed E-state index contributed by atoms with van der Waals surface area (Å²) < 4.78 is 5.94. The summed E-state index contributed by atoms with van der Waals surface area (Å²) in [5.74, 6) is 0.640. The number of anilines is 1. The van der Waals surface area contributed by atoms with Crippen molar-refractivity contribution in [2.75, 3.05) is 44.7 Å². The fraction of sp³-hybridized carbons (Fsp3) is 0.583. The molecule has 20 heavy (non-hydrogen) atoms. The van der Waals surface area contributed by atoms with Gasteiger partial charge >= 0.3 is 0 Å². The first-order valence-corrected chi connectivity index (χ1v) is 7.22. The third-order valence-electron chi connectivity index (χ3n) is 3.26. The van der Waals surface area contributed by atoms with E-state index in [1.165, 1.54) is 6.20 Å². The fourth-order valence-corrected chi connectivity index (χ4v) is 2.48. The Bertz CT molecular complexity index is 492. The van der Waals surface area contributed by atoms with Gasteiger partial charge in [-0.05, 0) is 22.9 Å². The number of morpholine rings is 1. The Morgan fingerprint density at radius 2 is 2.25 bits per heavy atom. The summed E-state index contributed by atoms with van der Waals surface area (Å²) in [6.07, 6.45) is 1.29. The van der Waals surface area contributed by atoms with E-state index in [1.807, 2.05) is 0 Å². The highest BCUT2D eigenvalue weighted by atomic mass is 79.9. The second-order valence-corrected chi connectivity index (χ2v) is 5.36. The van der Waals surface area contributed by atoms with Crippen LogP contribution in [0.2, 0.25) is 0 Å². The number of aromatic nitrogens is 1. The normalized spacial score (nSPS) is 16.1. The van der Waals surface area contributed by atoms with Crippen molar-refractivity contribution in [3.8, 4) is 0 Å². The standard InChI is InChI=1S/C12H17BrN4O3/c1-9-10(17(18)19)8-15-12(11(9)13)14-2-3-16-4-6-20-7-5-16/h8H,2-7H2,1H3,(H,14,15). The zero-order valence-electron chi connectivity index (χ0n) is 11.3. The Morgan fingerprint density at radius 1 is 1.55 bits per heavy atom. The Balaban J connectivity index is 1.92. The summed E-state index contributed by atoms with van der Waals surface area (Å²) in [4.78, 5) is 16.8. The zero-order chi connectivity index (χ0) is 14.5. The number of ether oxygens (including phenoxy) is 1. The van der Waals surface area contributed by atoms with E-state index in [0.717, 1.165) is 39.4 Å². The van der Waals surface area contributed by atoms with Crippen LogP contribution in [0, 0.1) is 17.0 Å². The molecule has 1 aliphatic heterocycles. The van der Waals surface area contributed by atoms with Gasteiger partial charge in [0.05, 0.1) is 22.6 Å². The summed E-state index contributed by atoms with van der Waals surface area (Å²) in [6, 6.07) is 0. The molecule has 7 nitrogen and oxygen atoms in total. The number of hydrogen-bond acceptors (Lipinski definition) is 6. The zero-order valence-corrected chi connectivity index (χ0v) is 12.9. The molecular weight excluding hydrogens is 328 g/mol. The number of pyridine rings is 1. The van der Waals surface area contributed by atoms with Gasteiger partial charge in [-0.1, -0.05) is 0 Å². The van der Waals surface area contributed by atoms with E-state index < -0.39 is 4.92 Å². The lowest BCUT2D eigenvalue weighted by atomic mass is 10.2. The molecule has 1 fully saturated rings. The molecule has 8 heteroatoms. The maximum atomic E-state index is 10.8. The number of nitrogens with zero attached hydrogens (tertiary/aromatic N) is 3. The second-order valence-electron chi connectivity index (χ2n) is 4.57. The molecule has 2 heterocycles. The van der Waals surface area contributed by atoms with Crippen molar-refractivity contribution in [1.82, 2.24) is 9.88 Å². The van der Waals surface area contributed by atoms with E-state index in [1.54, 1.807) is 6.92 Å². The minimum atomic E-state index is -0.426. The van der Waals surface area contributed by atoms with Gasteiger partial charge < -0.3 is 10.1 Å². The van der Waals surface area contributed by atoms with Crippen LogP contribution < -0.4 is 5.32 Å². The molecule has 0 unspecified atom stereocenters. The minimum absolute atomic E-state index is 0.0237. The van der Waals surface area contributed by atoms with Crippen LogP contribution in [0.25, 0.3) is 0 Å². The van der Waals surface area contributed by atoms with Gasteiger partial charge in [0.2, 0.25) is 0 Å². The number of rotatable bonds is 5. The largest absolute Gasteiger partial charge is 0.379 e. The lowest BCUT2D eigenvalue weighted by Gasteiger charge is -2.26. The van der Waals surface area contributed by atoms with Gasteiger partial charge in [0, 0.05) is 31.7 Å². The second kappa shape index (κ2) is 6.96. The van der Waals surface area contributed by atoms with Gasteiger partial charge in [-0.15, -0.1) is 0 Å². The van der Waals surface area contributed by atoms with Crippen molar-refractivity contribution in [3.05, 3.63) is 26.3 Å². The number of nitrogens with one attached hydrogen (secondary N) is 1. The molecule has 0 aliphatic carbocycles. The van der Waals surface area contributed by atoms with Crippen molar-refractivity contribution in [2.24, 2.45) is 0 Å². The molecule has 110 valence electrons. The van der Waals surface area contributed by atoms with E-state index in [4.69, 9.17) is 4.74 Å². The Hall–Kier alpha value is -1.25. The summed E-state index contributed by atoms with van der Waals surface area (Å²) >= 11 is 3.36. The van der Waals surface area contributed by atoms with E-state index in [2.05, 4.69) is 31.1 Å². The van der Waals surface area contributed by atoms with Gasteiger partial charge in [0.1, 0.15) is 12.0 Å². The average Bonchev–Trinajstić information content (AvgIpc) is 2.44. The summed E-state index contributed by atoms with van der Waals surface area (Å²) in [6.45, 7) is 6.77. The van der Waals surface area contributed by atoms with Crippen molar-refractivity contribution in [2.45, 2.75) is 6.92 Å². The molecule has 0 aromatic carbocycles. The Kier molecular flexibility index (Phi) is 5.27. The highest BCUT2D eigenvalue weighted by Gasteiger charge is 2.17. The predicted molar refractivity (Wildman–Crippen MR) is 79.1 cm³/mol. The molecule has 0 bridgehead atoms. The third-order valence-corrected chi connectivity index (χ3v) is 4.23. The van der Waals surface area contributed by atoms with Crippen LogP contribution in [0.15, 0.2) is 10.7 Å². The van der Waals surface area contributed by atoms with E-state index >= 15 is 0 Å². The van der Waals surface area contributed by atoms with Crippen LogP contribution in [0.4, 0.5) is 11.5 Å². The van der Waals surface area contributed by atoms with E-state index in [-0.39, 0.29) is 5.69 Å². The molecule has 0 radical (unpaired) electrons. The van der Waals surface area contributed by atoms with Gasteiger partial charge in [-0.25, -0.2) is 4.98 Å². The third kappa shape index (κ3) is 3.65. The Morgan fingerprint density at radius 3 is 2.90 bits per heavy atom. The molecule has 1 aromatic rings. The average molecular weight is 345 g/mol. The first-order valence-electron chi connectivity index (χ1n) is 6.43. The highest BCUT2D eigenvalue weighted by molar-refractivity contribution is 9.10. The van der Waals surface area contributed by atoms with Crippen molar-refractivity contribution in [3.63, 3.8) is 0 Å². The lowest BCUT2D eigenvalue weighted by molar-refractivity contribution is -0.385. The molecule has 1 aromatic heterocycles. The summed E-state index contributed by atoms with van der Waals surface area (Å²) in [7, 11) is 0. The molecule has 0 saturated carbocycles. The molecular formula is C12H17BrN4O3. The predicted octanol–water partition coefficient (Wildman–Crippen LogP) is 1.80. The maximum Gasteiger partial charge on any atom is 0.291 e. The number of nitro groups is 1. The van der Waals surface area contributed by atoms with Gasteiger partial charge in [-0.3, -0.25) is 15.0 Å². The smallest absolute Gasteiger partial charge is 0.291 e. The van der Waals surface area contributed by atoms with E-state index in [0.29, 0.717) is 15.9 Å². The SMILES string of the molecule is Cc1c([N+](=O)[O-])cnc(NCCN2CCOCC2)c1Br. The number of hydrogen-bond donors (Lipinski definition) is 1. The quantitative estimate of drug-likeness (QED) is 0.648. The molecule has 2 rings (SSSR count). The molecule has 1 saturated heterocycles.